The second-order valence-electron chi connectivity index (χ2n) is 8.32. The minimum absolute atomic E-state index is 0.00540. The highest BCUT2D eigenvalue weighted by Crippen LogP contribution is 2.59. The minimum Gasteiger partial charge on any atom is -0.496 e. The number of benzene rings is 2. The van der Waals surface area contributed by atoms with Gasteiger partial charge in [0.25, 0.3) is 5.22 Å². The number of fused-ring (bicyclic) bond motifs is 1. The number of allylic oxidation sites excluding steroid dienone is 1. The van der Waals surface area contributed by atoms with Crippen LogP contribution in [-0.2, 0) is 10.5 Å². The van der Waals surface area contributed by atoms with Crippen LogP contribution in [0.15, 0.2) is 67.8 Å². The maximum absolute atomic E-state index is 12.5. The van der Waals surface area contributed by atoms with Crippen LogP contribution in [0.25, 0.3) is 11.1 Å². The fourth-order valence-electron chi connectivity index (χ4n) is 3.91. The van der Waals surface area contributed by atoms with E-state index in [-0.39, 0.29) is 27.6 Å². The zero-order valence-electron chi connectivity index (χ0n) is 18.3. The number of oxazole rings is 1. The van der Waals surface area contributed by atoms with Gasteiger partial charge in [-0.25, -0.2) is 10.4 Å². The van der Waals surface area contributed by atoms with Crippen molar-refractivity contribution in [3.63, 3.8) is 0 Å². The maximum Gasteiger partial charge on any atom is 0.257 e. The quantitative estimate of drug-likeness (QED) is 0.226. The van der Waals surface area contributed by atoms with Gasteiger partial charge in [-0.2, -0.15) is 5.10 Å². The van der Waals surface area contributed by atoms with Crippen LogP contribution in [0.2, 0.25) is 0 Å². The molecular weight excluding hydrogens is 481 g/mol. The van der Waals surface area contributed by atoms with Gasteiger partial charge in [-0.3, -0.25) is 4.79 Å². The number of para-hydroxylation sites is 2. The topological polar surface area (TPSA) is 76.7 Å². The van der Waals surface area contributed by atoms with Gasteiger partial charge < -0.3 is 9.15 Å². The molecule has 0 unspecified atom stereocenters. The summed E-state index contributed by atoms with van der Waals surface area (Å²) in [5, 5.41) is 4.73. The first-order valence-electron chi connectivity index (χ1n) is 10.3. The highest BCUT2D eigenvalue weighted by molar-refractivity contribution is 7.98. The normalized spacial score (nSPS) is 18.9. The van der Waals surface area contributed by atoms with Gasteiger partial charge in [0.05, 0.1) is 19.2 Å². The van der Waals surface area contributed by atoms with E-state index in [1.165, 1.54) is 11.8 Å². The molecule has 1 heterocycles. The lowest BCUT2D eigenvalue weighted by molar-refractivity contribution is -0.123. The van der Waals surface area contributed by atoms with Crippen molar-refractivity contribution >= 4 is 58.2 Å². The number of methoxy groups -OCH3 is 1. The monoisotopic (exact) mass is 503 g/mol. The van der Waals surface area contributed by atoms with E-state index in [1.807, 2.05) is 56.3 Å². The third-order valence-electron chi connectivity index (χ3n) is 5.82. The van der Waals surface area contributed by atoms with E-state index in [0.29, 0.717) is 11.0 Å². The summed E-state index contributed by atoms with van der Waals surface area (Å²) in [6, 6.07) is 13.4. The average molecular weight is 504 g/mol. The molecule has 1 saturated carbocycles. The van der Waals surface area contributed by atoms with Crippen molar-refractivity contribution in [3.8, 4) is 5.75 Å². The Hall–Kier alpha value is -2.48. The summed E-state index contributed by atoms with van der Waals surface area (Å²) in [6.45, 7) is 4.01. The molecule has 4 rings (SSSR count). The second-order valence-corrected chi connectivity index (χ2v) is 10.3. The van der Waals surface area contributed by atoms with Crippen LogP contribution in [-0.4, -0.2) is 24.2 Å². The number of carbonyl (C=O) groups is 1. The first-order valence-corrected chi connectivity index (χ1v) is 12.0. The van der Waals surface area contributed by atoms with Gasteiger partial charge in [-0.05, 0) is 53.3 Å². The molecule has 33 heavy (non-hydrogen) atoms. The Labute approximate surface area is 206 Å². The Balaban J connectivity index is 1.40. The van der Waals surface area contributed by atoms with Gasteiger partial charge in [-0.15, -0.1) is 0 Å². The number of carbonyl (C=O) groups excluding carboxylic acids is 1. The highest BCUT2D eigenvalue weighted by Gasteiger charge is 2.60. The number of halogens is 2. The molecule has 1 amide bonds. The highest BCUT2D eigenvalue weighted by atomic mass is 35.5. The summed E-state index contributed by atoms with van der Waals surface area (Å²) < 4.78 is 11.4. The number of ether oxygens (including phenoxy) is 1. The van der Waals surface area contributed by atoms with Crippen LogP contribution in [0.1, 0.15) is 25.0 Å². The molecular formula is C24H23Cl2N3O3S. The molecule has 1 fully saturated rings. The van der Waals surface area contributed by atoms with Crippen LogP contribution in [0.3, 0.4) is 0 Å². The van der Waals surface area contributed by atoms with Crippen LogP contribution < -0.4 is 10.2 Å². The predicted molar refractivity (Wildman–Crippen MR) is 133 cm³/mol. The third kappa shape index (κ3) is 5.37. The molecule has 1 aliphatic carbocycles. The Morgan fingerprint density at radius 1 is 1.30 bits per heavy atom. The lowest BCUT2D eigenvalue weighted by atomic mass is 10.1. The van der Waals surface area contributed by atoms with Crippen molar-refractivity contribution < 1.29 is 13.9 Å². The maximum atomic E-state index is 12.5. The van der Waals surface area contributed by atoms with Gasteiger partial charge in [0.15, 0.2) is 5.58 Å². The molecule has 0 radical (unpaired) electrons. The number of amides is 1. The van der Waals surface area contributed by atoms with Gasteiger partial charge in [-0.1, -0.05) is 60.9 Å². The molecule has 2 aromatic carbocycles. The Bertz CT molecular complexity index is 1200. The number of hydrazone groups is 1. The van der Waals surface area contributed by atoms with Gasteiger partial charge in [0, 0.05) is 11.3 Å². The fraction of sp³-hybridized carbons (Fsp3) is 0.292. The third-order valence-corrected chi connectivity index (χ3v) is 6.95. The summed E-state index contributed by atoms with van der Waals surface area (Å²) in [5.74, 6) is 0.975. The number of aromatic nitrogens is 1. The molecule has 6 nitrogen and oxygen atoms in total. The lowest BCUT2D eigenvalue weighted by Crippen LogP contribution is -2.21. The van der Waals surface area contributed by atoms with Crippen LogP contribution >= 0.6 is 35.0 Å². The number of hydrogen-bond donors (Lipinski definition) is 1. The van der Waals surface area contributed by atoms with E-state index < -0.39 is 0 Å². The van der Waals surface area contributed by atoms with Gasteiger partial charge in [0.2, 0.25) is 5.91 Å². The number of hydrogen-bond acceptors (Lipinski definition) is 6. The molecule has 1 N–H and O–H groups in total. The van der Waals surface area contributed by atoms with Crippen LogP contribution in [0.5, 0.6) is 5.75 Å². The predicted octanol–water partition coefficient (Wildman–Crippen LogP) is 6.17. The Kier molecular flexibility index (Phi) is 7.02. The van der Waals surface area contributed by atoms with Crippen molar-refractivity contribution in [1.29, 1.82) is 0 Å². The number of thioether (sulfide) groups is 1. The molecule has 9 heteroatoms. The molecule has 1 aliphatic rings. The molecule has 172 valence electrons. The second kappa shape index (κ2) is 9.79. The Morgan fingerprint density at radius 3 is 2.82 bits per heavy atom. The lowest BCUT2D eigenvalue weighted by Gasteiger charge is -2.08. The van der Waals surface area contributed by atoms with Crippen molar-refractivity contribution in [3.05, 3.63) is 64.2 Å². The standard InChI is InChI=1S/C24H23Cl2N3O3S/c1-24(2)16(11-20(25)26)21(24)22(30)29-27-12-14-8-9-18(31-3)15(10-14)13-33-23-28-17-6-4-5-7-19(17)32-23/h4-12,16,21H,13H2,1-3H3,(H,29,30)/b27-12-/t16-,21-/m0/s1. The first-order chi connectivity index (χ1) is 15.8. The largest absolute Gasteiger partial charge is 0.496 e. The fourth-order valence-corrected chi connectivity index (χ4v) is 5.00. The van der Waals surface area contributed by atoms with E-state index in [1.54, 1.807) is 19.4 Å². The van der Waals surface area contributed by atoms with Gasteiger partial charge >= 0.3 is 0 Å². The molecule has 2 atom stereocenters. The Morgan fingerprint density at radius 2 is 2.09 bits per heavy atom. The van der Waals surface area contributed by atoms with Crippen LogP contribution in [0, 0.1) is 17.3 Å². The van der Waals surface area contributed by atoms with Crippen LogP contribution in [0.4, 0.5) is 0 Å². The minimum atomic E-state index is -0.221. The average Bonchev–Trinajstić information content (AvgIpc) is 3.11. The smallest absolute Gasteiger partial charge is 0.257 e. The number of nitrogens with one attached hydrogen (secondary N) is 1. The number of nitrogens with zero attached hydrogens (tertiary/aromatic N) is 2. The van der Waals surface area contributed by atoms with Crippen molar-refractivity contribution in [2.75, 3.05) is 7.11 Å². The van der Waals surface area contributed by atoms with Crippen molar-refractivity contribution in [1.82, 2.24) is 10.4 Å². The SMILES string of the molecule is COc1ccc(/C=N\NC(=O)[C@@H]2[C@H](C=C(Cl)Cl)C2(C)C)cc1CSc1nc2ccccc2o1. The van der Waals surface area contributed by atoms with E-state index >= 15 is 0 Å². The molecule has 0 spiro atoms. The van der Waals surface area contributed by atoms with E-state index in [4.69, 9.17) is 32.4 Å². The molecule has 1 aromatic heterocycles. The molecule has 0 aliphatic heterocycles. The van der Waals surface area contributed by atoms with Crippen molar-refractivity contribution in [2.45, 2.75) is 24.8 Å². The van der Waals surface area contributed by atoms with E-state index in [2.05, 4.69) is 15.5 Å². The van der Waals surface area contributed by atoms with Crippen molar-refractivity contribution in [2.24, 2.45) is 22.4 Å². The number of rotatable bonds is 8. The summed E-state index contributed by atoms with van der Waals surface area (Å²) in [5.41, 5.74) is 5.80. The summed E-state index contributed by atoms with van der Waals surface area (Å²) >= 11 is 13.0. The molecule has 0 bridgehead atoms. The van der Waals surface area contributed by atoms with E-state index in [9.17, 15) is 4.79 Å². The first kappa shape index (κ1) is 23.7. The zero-order valence-corrected chi connectivity index (χ0v) is 20.7. The van der Waals surface area contributed by atoms with E-state index in [0.717, 1.165) is 28.0 Å². The van der Waals surface area contributed by atoms with Gasteiger partial charge in [0.1, 0.15) is 15.8 Å². The molecule has 0 saturated heterocycles. The molecule has 3 aromatic rings. The summed E-state index contributed by atoms with van der Waals surface area (Å²) in [7, 11) is 1.63. The summed E-state index contributed by atoms with van der Waals surface area (Å²) in [6.07, 6.45) is 3.32. The zero-order chi connectivity index (χ0) is 23.6. The summed E-state index contributed by atoms with van der Waals surface area (Å²) in [4.78, 5) is 17.0.